The van der Waals surface area contributed by atoms with Gasteiger partial charge in [0.2, 0.25) is 0 Å². The Morgan fingerprint density at radius 3 is 2.79 bits per heavy atom. The van der Waals surface area contributed by atoms with Crippen LogP contribution in [0.4, 0.5) is 10.2 Å². The smallest absolute Gasteiger partial charge is 0.352 e. The third-order valence-electron chi connectivity index (χ3n) is 3.22. The van der Waals surface area contributed by atoms with E-state index in [0.717, 1.165) is 10.8 Å². The number of esters is 2. The molecule has 0 spiro atoms. The Bertz CT molecular complexity index is 693. The first kappa shape index (κ1) is 17.8. The van der Waals surface area contributed by atoms with E-state index in [-0.39, 0.29) is 13.0 Å². The minimum atomic E-state index is -1.14. The van der Waals surface area contributed by atoms with Crippen molar-refractivity contribution in [1.29, 1.82) is 0 Å². The van der Waals surface area contributed by atoms with Gasteiger partial charge in [0.15, 0.2) is 17.9 Å². The van der Waals surface area contributed by atoms with Gasteiger partial charge in [-0.15, -0.1) is 0 Å². The van der Waals surface area contributed by atoms with Crippen molar-refractivity contribution in [2.45, 2.75) is 38.7 Å². The highest BCUT2D eigenvalue weighted by Gasteiger charge is 2.40. The Morgan fingerprint density at radius 1 is 1.50 bits per heavy atom. The number of nitrogens with zero attached hydrogens (tertiary/aromatic N) is 2. The second-order valence-electron chi connectivity index (χ2n) is 5.07. The number of hydrogen-bond donors (Lipinski definition) is 2. The molecular weight excluding hydrogens is 329 g/mol. The monoisotopic (exact) mass is 345 g/mol. The molecule has 1 aliphatic rings. The maximum absolute atomic E-state index is 13.7. The van der Waals surface area contributed by atoms with Gasteiger partial charge in [-0.25, -0.2) is 14.7 Å². The van der Waals surface area contributed by atoms with Gasteiger partial charge in [0.05, 0.1) is 12.3 Å². The lowest BCUT2D eigenvalue weighted by Crippen LogP contribution is -2.34. The number of carbonyl (C=O) groups is 2. The van der Waals surface area contributed by atoms with E-state index in [9.17, 15) is 18.8 Å². The first-order chi connectivity index (χ1) is 11.3. The number of carbonyl (C=O) groups excluding carboxylic acids is 2. The van der Waals surface area contributed by atoms with Gasteiger partial charge in [0.1, 0.15) is 12.7 Å². The molecule has 2 heterocycles. The quantitative estimate of drug-likeness (QED) is 0.558. The van der Waals surface area contributed by atoms with Crippen LogP contribution < -0.4 is 11.2 Å². The summed E-state index contributed by atoms with van der Waals surface area (Å²) in [7, 11) is 0. The first-order valence-corrected chi connectivity index (χ1v) is 6.96. The zero-order valence-corrected chi connectivity index (χ0v) is 12.9. The molecule has 2 N–H and O–H groups in total. The van der Waals surface area contributed by atoms with Crippen LogP contribution >= 0.6 is 0 Å². The minimum Gasteiger partial charge on any atom is -0.463 e. The van der Waals surface area contributed by atoms with Crippen LogP contribution in [-0.2, 0) is 23.8 Å². The molecule has 1 fully saturated rings. The van der Waals surface area contributed by atoms with Crippen molar-refractivity contribution in [1.82, 2.24) is 9.55 Å². The number of hydrogen-bond acceptors (Lipinski definition) is 9. The molecule has 1 aliphatic heterocycles. The number of rotatable bonds is 5. The Morgan fingerprint density at radius 2 is 2.21 bits per heavy atom. The molecule has 11 heteroatoms. The van der Waals surface area contributed by atoms with E-state index in [1.54, 1.807) is 0 Å². The number of ether oxygens (including phenoxy) is 3. The summed E-state index contributed by atoms with van der Waals surface area (Å²) in [5.41, 5.74) is 0.528. The topological polar surface area (TPSA) is 129 Å². The van der Waals surface area contributed by atoms with E-state index in [4.69, 9.17) is 19.4 Å². The van der Waals surface area contributed by atoms with E-state index in [1.165, 1.54) is 19.3 Å². The van der Waals surface area contributed by atoms with Crippen molar-refractivity contribution in [3.8, 4) is 0 Å². The molecule has 10 nitrogen and oxygen atoms in total. The summed E-state index contributed by atoms with van der Waals surface area (Å²) in [6, 6.07) is 0. The Labute approximate surface area is 135 Å². The van der Waals surface area contributed by atoms with Gasteiger partial charge in [0, 0.05) is 20.3 Å². The van der Waals surface area contributed by atoms with Gasteiger partial charge in [-0.3, -0.25) is 19.4 Å². The molecule has 1 aromatic heterocycles. The largest absolute Gasteiger partial charge is 0.463 e. The standard InChI is InChI=1S/C13H16FN3O7/c1-6(18)22-5-8-3-10(23-7(2)19)12(24-8)17-4-9(14)11(16-21)15-13(17)20/h4,8,10,12,21H,3,5H2,1-2H3,(H,15,16,20)/t8-,10+,12+/m0/s1. The predicted molar refractivity (Wildman–Crippen MR) is 74.6 cm³/mol. The molecule has 1 saturated heterocycles. The predicted octanol–water partition coefficient (Wildman–Crippen LogP) is -0.0342. The summed E-state index contributed by atoms with van der Waals surface area (Å²) >= 11 is 0. The van der Waals surface area contributed by atoms with E-state index in [1.807, 2.05) is 0 Å². The number of nitrogens with one attached hydrogen (secondary N) is 1. The third kappa shape index (κ3) is 4.06. The molecular formula is C13H16FN3O7. The molecule has 1 aromatic rings. The van der Waals surface area contributed by atoms with E-state index >= 15 is 0 Å². The highest BCUT2D eigenvalue weighted by Crippen LogP contribution is 2.31. The average Bonchev–Trinajstić information content (AvgIpc) is 2.89. The van der Waals surface area contributed by atoms with Crippen LogP contribution in [0.2, 0.25) is 0 Å². The highest BCUT2D eigenvalue weighted by molar-refractivity contribution is 5.66. The summed E-state index contributed by atoms with van der Waals surface area (Å²) in [5.74, 6) is -2.79. The van der Waals surface area contributed by atoms with Crippen molar-refractivity contribution in [2.24, 2.45) is 0 Å². The van der Waals surface area contributed by atoms with Gasteiger partial charge >= 0.3 is 17.6 Å². The van der Waals surface area contributed by atoms with Crippen LogP contribution in [0.15, 0.2) is 11.0 Å². The lowest BCUT2D eigenvalue weighted by Gasteiger charge is -2.20. The molecule has 0 saturated carbocycles. The molecule has 2 rings (SSSR count). The van der Waals surface area contributed by atoms with Crippen LogP contribution in [0.3, 0.4) is 0 Å². The van der Waals surface area contributed by atoms with Crippen molar-refractivity contribution in [2.75, 3.05) is 12.1 Å². The van der Waals surface area contributed by atoms with Crippen LogP contribution in [0.1, 0.15) is 26.5 Å². The molecule has 132 valence electrons. The van der Waals surface area contributed by atoms with Gasteiger partial charge in [0.25, 0.3) is 0 Å². The molecule has 0 radical (unpaired) electrons. The van der Waals surface area contributed by atoms with E-state index < -0.39 is 47.7 Å². The fourth-order valence-corrected chi connectivity index (χ4v) is 2.30. The molecule has 0 aliphatic carbocycles. The van der Waals surface area contributed by atoms with Crippen molar-refractivity contribution in [3.63, 3.8) is 0 Å². The third-order valence-corrected chi connectivity index (χ3v) is 3.22. The van der Waals surface area contributed by atoms with E-state index in [2.05, 4.69) is 4.98 Å². The number of halogens is 1. The maximum atomic E-state index is 13.7. The molecule has 0 aromatic carbocycles. The van der Waals surface area contributed by atoms with Gasteiger partial charge in [-0.05, 0) is 0 Å². The Kier molecular flexibility index (Phi) is 5.46. The number of anilines is 1. The Balaban J connectivity index is 2.27. The Hall–Kier alpha value is -2.53. The summed E-state index contributed by atoms with van der Waals surface area (Å²) in [4.78, 5) is 37.4. The fraction of sp³-hybridized carbons (Fsp3) is 0.538. The SMILES string of the molecule is CC(=O)OC[C@@H]1C[C@@H](OC(C)=O)[C@H](n2cc(F)c(NO)nc2=O)O1. The maximum Gasteiger partial charge on any atom is 0.352 e. The molecule has 0 amide bonds. The zero-order chi connectivity index (χ0) is 17.9. The van der Waals surface area contributed by atoms with Gasteiger partial charge < -0.3 is 14.2 Å². The lowest BCUT2D eigenvalue weighted by atomic mass is 10.2. The second-order valence-corrected chi connectivity index (χ2v) is 5.07. The van der Waals surface area contributed by atoms with Crippen molar-refractivity contribution < 1.29 is 33.4 Å². The van der Waals surface area contributed by atoms with Crippen LogP contribution in [-0.4, -0.2) is 45.5 Å². The zero-order valence-electron chi connectivity index (χ0n) is 12.9. The first-order valence-electron chi connectivity index (χ1n) is 6.96. The van der Waals surface area contributed by atoms with Crippen molar-refractivity contribution in [3.05, 3.63) is 22.5 Å². The lowest BCUT2D eigenvalue weighted by molar-refractivity contribution is -0.153. The van der Waals surface area contributed by atoms with Crippen molar-refractivity contribution >= 4 is 17.8 Å². The number of aromatic nitrogens is 2. The normalized spacial score (nSPS) is 22.9. The van der Waals surface area contributed by atoms with Crippen LogP contribution in [0.25, 0.3) is 0 Å². The summed E-state index contributed by atoms with van der Waals surface area (Å²) in [5, 5.41) is 8.68. The molecule has 0 bridgehead atoms. The van der Waals surface area contributed by atoms with E-state index in [0.29, 0.717) is 0 Å². The fourth-order valence-electron chi connectivity index (χ4n) is 2.30. The molecule has 24 heavy (non-hydrogen) atoms. The average molecular weight is 345 g/mol. The van der Waals surface area contributed by atoms with Gasteiger partial charge in [-0.1, -0.05) is 0 Å². The summed E-state index contributed by atoms with van der Waals surface area (Å²) in [6.07, 6.45) is -1.77. The van der Waals surface area contributed by atoms with Crippen LogP contribution in [0, 0.1) is 5.82 Å². The molecule has 0 unspecified atom stereocenters. The summed E-state index contributed by atoms with van der Waals surface area (Å²) in [6.45, 7) is 2.29. The molecule has 3 atom stereocenters. The summed E-state index contributed by atoms with van der Waals surface area (Å²) < 4.78 is 30.0. The minimum absolute atomic E-state index is 0.107. The van der Waals surface area contributed by atoms with Gasteiger partial charge in [-0.2, -0.15) is 4.98 Å². The second kappa shape index (κ2) is 7.36. The van der Waals surface area contributed by atoms with Crippen LogP contribution in [0.5, 0.6) is 0 Å². The highest BCUT2D eigenvalue weighted by atomic mass is 19.1.